The molecule has 5 unspecified atom stereocenters. The van der Waals surface area contributed by atoms with Gasteiger partial charge >= 0.3 is 5.97 Å². The molecule has 11 nitrogen and oxygen atoms in total. The topological polar surface area (TPSA) is 179 Å². The molecule has 1 saturated carbocycles. The van der Waals surface area contributed by atoms with Crippen molar-refractivity contribution in [2.75, 3.05) is 13.7 Å². The lowest BCUT2D eigenvalue weighted by Crippen LogP contribution is -2.95. The van der Waals surface area contributed by atoms with Gasteiger partial charge in [-0.05, 0) is 0 Å². The molecule has 0 radical (unpaired) electrons. The molecule has 8 N–H and O–H groups in total. The van der Waals surface area contributed by atoms with Crippen LogP contribution in [0.3, 0.4) is 0 Å². The Hall–Kier alpha value is -1.05. The lowest BCUT2D eigenvalue weighted by molar-refractivity contribution is -0.548. The number of rotatable bonds is 2. The molecule has 5 aliphatic rings. The van der Waals surface area contributed by atoms with Crippen LogP contribution in [-0.4, -0.2) is 93.0 Å². The molecular formula is C12H19N3O8. The summed E-state index contributed by atoms with van der Waals surface area (Å²) in [6.07, 6.45) is -6.87. The van der Waals surface area contributed by atoms with E-state index in [2.05, 4.69) is 10.3 Å². The van der Waals surface area contributed by atoms with Crippen LogP contribution < -0.4 is 11.1 Å². The molecule has 1 spiro atoms. The van der Waals surface area contributed by atoms with Crippen LogP contribution in [-0.2, 0) is 14.2 Å². The van der Waals surface area contributed by atoms with Gasteiger partial charge in [0.25, 0.3) is 0 Å². The normalized spacial score (nSPS) is 60.2. The fourth-order valence-corrected chi connectivity index (χ4v) is 4.41. The lowest BCUT2D eigenvalue weighted by Gasteiger charge is -2.71. The zero-order chi connectivity index (χ0) is 16.8. The van der Waals surface area contributed by atoms with Gasteiger partial charge in [-0.1, -0.05) is 0 Å². The van der Waals surface area contributed by atoms with E-state index in [1.54, 1.807) is 0 Å². The zero-order valence-electron chi connectivity index (χ0n) is 12.2. The lowest BCUT2D eigenvalue weighted by atomic mass is 9.55. The average molecular weight is 333 g/mol. The molecule has 0 aromatic carbocycles. The Morgan fingerprint density at radius 3 is 2.57 bits per heavy atom. The Morgan fingerprint density at radius 1 is 1.30 bits per heavy atom. The number of nitrogens with two attached hydrogens (primary N) is 1. The van der Waals surface area contributed by atoms with E-state index in [-0.39, 0.29) is 5.96 Å². The van der Waals surface area contributed by atoms with E-state index >= 15 is 0 Å². The highest BCUT2D eigenvalue weighted by Crippen LogP contribution is 2.58. The first-order chi connectivity index (χ1) is 10.7. The Kier molecular flexibility index (Phi) is 2.90. The predicted octanol–water partition coefficient (Wildman–Crippen LogP) is -4.87. The van der Waals surface area contributed by atoms with Gasteiger partial charge in [0.1, 0.15) is 29.5 Å². The molecule has 23 heavy (non-hydrogen) atoms. The third kappa shape index (κ3) is 1.49. The summed E-state index contributed by atoms with van der Waals surface area (Å²) in [5.41, 5.74) is 2.10. The fourth-order valence-electron chi connectivity index (χ4n) is 4.41. The number of ether oxygens (including phenoxy) is 3. The van der Waals surface area contributed by atoms with Crippen molar-refractivity contribution < 1.29 is 39.7 Å². The summed E-state index contributed by atoms with van der Waals surface area (Å²) in [4.78, 5) is 4.04. The summed E-state index contributed by atoms with van der Waals surface area (Å²) < 4.78 is 15.7. The van der Waals surface area contributed by atoms with Gasteiger partial charge in [0, 0.05) is 7.11 Å². The van der Waals surface area contributed by atoms with Crippen molar-refractivity contribution in [2.45, 2.75) is 47.8 Å². The van der Waals surface area contributed by atoms with Crippen LogP contribution in [0.5, 0.6) is 0 Å². The highest BCUT2D eigenvalue weighted by molar-refractivity contribution is 5.80. The second-order valence-corrected chi connectivity index (χ2v) is 6.43. The molecule has 3 saturated heterocycles. The number of hydrogen-bond donors (Lipinski definition) is 7. The molecule has 0 aromatic rings. The molecule has 0 aromatic heterocycles. The van der Waals surface area contributed by atoms with Crippen LogP contribution in [0.15, 0.2) is 4.99 Å². The largest absolute Gasteiger partial charge is 0.393 e. The Bertz CT molecular complexity index is 577. The van der Waals surface area contributed by atoms with Crippen molar-refractivity contribution >= 4 is 5.96 Å². The summed E-state index contributed by atoms with van der Waals surface area (Å²) in [5.74, 6) is -3.51. The molecule has 1 aliphatic carbocycles. The van der Waals surface area contributed by atoms with Crippen LogP contribution in [0, 0.1) is 5.92 Å². The van der Waals surface area contributed by atoms with E-state index in [1.807, 2.05) is 0 Å². The van der Waals surface area contributed by atoms with Crippen LogP contribution in [0.25, 0.3) is 0 Å². The van der Waals surface area contributed by atoms with Gasteiger partial charge in [0.05, 0.1) is 12.5 Å². The van der Waals surface area contributed by atoms with Gasteiger partial charge in [0.15, 0.2) is 18.3 Å². The molecule has 4 fully saturated rings. The standard InChI is InChI=1S/C12H19N3O8/c1-21-7-3-5-10(19,2-16)6-4(17)11(3,15-9(13)14-7)8(18)12(20,22-5)23-6/h3-8,16-20H,2H2,1H3,(H3,13,14,15)/t3?,4-,5?,6?,7?,8+,10+,11-,12?/m1/s1. The van der Waals surface area contributed by atoms with E-state index in [9.17, 15) is 25.5 Å². The van der Waals surface area contributed by atoms with Gasteiger partial charge in [-0.25, -0.2) is 4.99 Å². The van der Waals surface area contributed by atoms with Crippen molar-refractivity contribution in [1.82, 2.24) is 5.32 Å². The van der Waals surface area contributed by atoms with Crippen molar-refractivity contribution in [1.29, 1.82) is 0 Å². The Labute approximate surface area is 130 Å². The third-order valence-electron chi connectivity index (χ3n) is 5.44. The van der Waals surface area contributed by atoms with E-state index in [1.165, 1.54) is 7.11 Å². The summed E-state index contributed by atoms with van der Waals surface area (Å²) in [5, 5.41) is 54.9. The zero-order valence-corrected chi connectivity index (χ0v) is 12.2. The minimum Gasteiger partial charge on any atom is -0.393 e. The Morgan fingerprint density at radius 2 is 1.96 bits per heavy atom. The molecule has 130 valence electrons. The number of nitrogens with zero attached hydrogens (tertiary/aromatic N) is 1. The summed E-state index contributed by atoms with van der Waals surface area (Å²) in [6.45, 7) is -0.798. The average Bonchev–Trinajstić information content (AvgIpc) is 2.52. The summed E-state index contributed by atoms with van der Waals surface area (Å²) >= 11 is 0. The number of nitrogens with one attached hydrogen (secondary N) is 1. The van der Waals surface area contributed by atoms with E-state index in [0.29, 0.717) is 0 Å². The third-order valence-corrected chi connectivity index (χ3v) is 5.44. The fraction of sp³-hybridized carbons (Fsp3) is 0.917. The molecule has 0 amide bonds. The predicted molar refractivity (Wildman–Crippen MR) is 70.5 cm³/mol. The minimum absolute atomic E-state index is 0.107. The van der Waals surface area contributed by atoms with Crippen molar-refractivity contribution in [3.05, 3.63) is 0 Å². The number of guanidine groups is 1. The summed E-state index contributed by atoms with van der Waals surface area (Å²) in [6, 6.07) is 0. The maximum atomic E-state index is 10.8. The second-order valence-electron chi connectivity index (χ2n) is 6.43. The van der Waals surface area contributed by atoms with Gasteiger partial charge in [-0.2, -0.15) is 0 Å². The first kappa shape index (κ1) is 15.5. The number of methoxy groups -OCH3 is 1. The first-order valence-electron chi connectivity index (χ1n) is 7.16. The number of aliphatic imine (C=N–C) groups is 1. The van der Waals surface area contributed by atoms with Crippen molar-refractivity contribution in [3.63, 3.8) is 0 Å². The van der Waals surface area contributed by atoms with Crippen molar-refractivity contribution in [3.8, 4) is 0 Å². The second kappa shape index (κ2) is 4.32. The number of aliphatic hydroxyl groups excluding tert-OH is 3. The number of hydrogen-bond acceptors (Lipinski definition) is 11. The molecular weight excluding hydrogens is 314 g/mol. The number of aliphatic hydroxyl groups is 5. The van der Waals surface area contributed by atoms with Crippen LogP contribution >= 0.6 is 0 Å². The highest BCUT2D eigenvalue weighted by atomic mass is 16.9. The van der Waals surface area contributed by atoms with Gasteiger partial charge in [-0.15, -0.1) is 0 Å². The van der Waals surface area contributed by atoms with E-state index < -0.39 is 60.3 Å². The quantitative estimate of drug-likeness (QED) is 0.259. The minimum atomic E-state index is -2.46. The SMILES string of the molecule is COC1N=C(N)N[C@]23C1C1OC(O)(OC([C@H]2O)[C@]1(O)CO)[C@H]3O. The molecule has 4 aliphatic heterocycles. The highest BCUT2D eigenvalue weighted by Gasteiger charge is 2.83. The molecule has 11 heteroatoms. The molecule has 9 atom stereocenters. The van der Waals surface area contributed by atoms with E-state index in [4.69, 9.17) is 19.9 Å². The smallest absolute Gasteiger partial charge is 0.311 e. The maximum Gasteiger partial charge on any atom is 0.311 e. The van der Waals surface area contributed by atoms with Crippen LogP contribution in [0.1, 0.15) is 0 Å². The molecule has 4 heterocycles. The monoisotopic (exact) mass is 333 g/mol. The van der Waals surface area contributed by atoms with Gasteiger partial charge < -0.3 is 50.8 Å². The van der Waals surface area contributed by atoms with Crippen LogP contribution in [0.2, 0.25) is 0 Å². The molecule has 5 rings (SSSR count). The van der Waals surface area contributed by atoms with Crippen molar-refractivity contribution in [2.24, 2.45) is 16.6 Å². The van der Waals surface area contributed by atoms with E-state index in [0.717, 1.165) is 0 Å². The Balaban J connectivity index is 1.94. The summed E-state index contributed by atoms with van der Waals surface area (Å²) in [7, 11) is 1.34. The maximum absolute atomic E-state index is 10.8. The first-order valence-corrected chi connectivity index (χ1v) is 7.16. The van der Waals surface area contributed by atoms with Gasteiger partial charge in [-0.3, -0.25) is 0 Å². The van der Waals surface area contributed by atoms with Crippen LogP contribution in [0.4, 0.5) is 0 Å². The molecule has 4 bridgehead atoms. The van der Waals surface area contributed by atoms with Gasteiger partial charge in [0.2, 0.25) is 0 Å².